The van der Waals surface area contributed by atoms with Gasteiger partial charge in [0, 0.05) is 17.8 Å². The van der Waals surface area contributed by atoms with Crippen LogP contribution >= 0.6 is 17.8 Å². The Hall–Kier alpha value is 0.780. The third-order valence-corrected chi connectivity index (χ3v) is 2.25. The van der Waals surface area contributed by atoms with Crippen molar-refractivity contribution in [2.75, 3.05) is 0 Å². The first-order chi connectivity index (χ1) is 2.00. The molecule has 2 N–H and O–H groups in total. The molecule has 0 bridgehead atoms. The van der Waals surface area contributed by atoms with Gasteiger partial charge in [-0.3, -0.25) is 9.72 Å². The molecule has 1 heterocycles. The molecule has 0 unspecified atom stereocenters. The van der Waals surface area contributed by atoms with E-state index in [1.807, 2.05) is 0 Å². The van der Waals surface area contributed by atoms with Gasteiger partial charge in [-0.1, -0.05) is 0 Å². The second-order valence-electron chi connectivity index (χ2n) is 0.500. The van der Waals surface area contributed by atoms with Crippen LogP contribution in [-0.4, -0.2) is 0 Å². The minimum absolute atomic E-state index is 0.833. The van der Waals surface area contributed by atoms with Gasteiger partial charge in [0.1, 0.15) is 0 Å². The van der Waals surface area contributed by atoms with Crippen LogP contribution in [-0.2, 0) is 0 Å². The molecule has 0 spiro atoms. The molecule has 2 nitrogen and oxygen atoms in total. The standard InChI is InChI=1S/H4N2P2/c1-3-2-4-1/h1-4H. The summed E-state index contributed by atoms with van der Waals surface area (Å²) in [6.45, 7) is 0. The highest BCUT2D eigenvalue weighted by molar-refractivity contribution is 7.65. The molecule has 4 heteroatoms. The zero-order chi connectivity index (χ0) is 2.83. The van der Waals surface area contributed by atoms with Gasteiger partial charge in [-0.15, -0.1) is 0 Å². The minimum Gasteiger partial charge on any atom is -0.254 e. The molecular formula is H4N2P2. The molecule has 1 saturated heterocycles. The van der Waals surface area contributed by atoms with Gasteiger partial charge in [0.25, 0.3) is 0 Å². The third kappa shape index (κ3) is 0.386. The predicted molar refractivity (Wildman–Crippen MR) is 22.9 cm³/mol. The average Bonchev–Trinajstić information content (AvgIpc) is 0.722. The van der Waals surface area contributed by atoms with Gasteiger partial charge in [0.05, 0.1) is 0 Å². The van der Waals surface area contributed by atoms with Crippen molar-refractivity contribution in [1.29, 1.82) is 0 Å². The molecule has 1 aliphatic heterocycles. The molecule has 0 aromatic carbocycles. The molecule has 1 fully saturated rings. The summed E-state index contributed by atoms with van der Waals surface area (Å²) in [5.74, 6) is 0. The van der Waals surface area contributed by atoms with Crippen molar-refractivity contribution in [2.45, 2.75) is 0 Å². The molecule has 24 valence electrons. The highest BCUT2D eigenvalue weighted by Gasteiger charge is 1.89. The van der Waals surface area contributed by atoms with E-state index in [1.165, 1.54) is 0 Å². The van der Waals surface area contributed by atoms with E-state index in [4.69, 9.17) is 0 Å². The molecule has 0 aliphatic carbocycles. The maximum absolute atomic E-state index is 3.06. The fourth-order valence-corrected chi connectivity index (χ4v) is 0.562. The van der Waals surface area contributed by atoms with E-state index in [0.717, 1.165) is 17.8 Å². The fourth-order valence-electron chi connectivity index (χ4n) is 0.0625. The van der Waals surface area contributed by atoms with Crippen LogP contribution in [0.4, 0.5) is 0 Å². The Morgan fingerprint density at radius 2 is 1.25 bits per heavy atom. The first kappa shape index (κ1) is 2.99. The SMILES string of the molecule is N1PNP1. The third-order valence-electron chi connectivity index (χ3n) is 0.250. The quantitative estimate of drug-likeness (QED) is 0.419. The van der Waals surface area contributed by atoms with Gasteiger partial charge in [0.2, 0.25) is 0 Å². The molecule has 4 heavy (non-hydrogen) atoms. The Morgan fingerprint density at radius 1 is 1.00 bits per heavy atom. The van der Waals surface area contributed by atoms with Crippen molar-refractivity contribution in [3.8, 4) is 0 Å². The summed E-state index contributed by atoms with van der Waals surface area (Å²) in [4.78, 5) is 6.11. The van der Waals surface area contributed by atoms with Gasteiger partial charge in [-0.2, -0.15) is 0 Å². The summed E-state index contributed by atoms with van der Waals surface area (Å²) in [6.07, 6.45) is 0. The Balaban J connectivity index is 2.00. The molecule has 0 atom stereocenters. The molecule has 0 amide bonds. The summed E-state index contributed by atoms with van der Waals surface area (Å²) in [6, 6.07) is 0. The van der Waals surface area contributed by atoms with Crippen LogP contribution in [0.3, 0.4) is 0 Å². The van der Waals surface area contributed by atoms with Crippen LogP contribution < -0.4 is 9.72 Å². The highest BCUT2D eigenvalue weighted by atomic mass is 31.2. The van der Waals surface area contributed by atoms with E-state index >= 15 is 0 Å². The van der Waals surface area contributed by atoms with Gasteiger partial charge in [-0.05, 0) is 0 Å². The number of rotatable bonds is 0. The van der Waals surface area contributed by atoms with E-state index in [1.54, 1.807) is 0 Å². The second kappa shape index (κ2) is 1.28. The lowest BCUT2D eigenvalue weighted by molar-refractivity contribution is 1.44. The maximum atomic E-state index is 3.06. The minimum atomic E-state index is 0.833. The number of hydrogen-bond donors (Lipinski definition) is 2. The van der Waals surface area contributed by atoms with Crippen LogP contribution in [0.25, 0.3) is 0 Å². The Labute approximate surface area is 28.5 Å². The Morgan fingerprint density at radius 3 is 1.25 bits per heavy atom. The van der Waals surface area contributed by atoms with Crippen molar-refractivity contribution >= 4 is 17.8 Å². The zero-order valence-electron chi connectivity index (χ0n) is 2.00. The Kier molecular flexibility index (Phi) is 0.955. The van der Waals surface area contributed by atoms with Crippen molar-refractivity contribution in [3.63, 3.8) is 0 Å². The monoisotopic (exact) mass is 94.0 g/mol. The van der Waals surface area contributed by atoms with Gasteiger partial charge < -0.3 is 0 Å². The summed E-state index contributed by atoms with van der Waals surface area (Å²) in [5.41, 5.74) is 0. The molecule has 0 radical (unpaired) electrons. The predicted octanol–water partition coefficient (Wildman–Crippen LogP) is 0.196. The topological polar surface area (TPSA) is 24.1 Å². The average molecular weight is 94.0 g/mol. The normalized spacial score (nSPS) is 36.0. The van der Waals surface area contributed by atoms with Crippen molar-refractivity contribution < 1.29 is 0 Å². The largest absolute Gasteiger partial charge is 0.254 e. The van der Waals surface area contributed by atoms with Crippen molar-refractivity contribution in [1.82, 2.24) is 9.72 Å². The van der Waals surface area contributed by atoms with Crippen molar-refractivity contribution in [3.05, 3.63) is 0 Å². The van der Waals surface area contributed by atoms with E-state index < -0.39 is 0 Å². The molecule has 1 aliphatic rings. The summed E-state index contributed by atoms with van der Waals surface area (Å²) < 4.78 is 0. The van der Waals surface area contributed by atoms with E-state index in [9.17, 15) is 0 Å². The summed E-state index contributed by atoms with van der Waals surface area (Å²) >= 11 is 0. The first-order valence-corrected chi connectivity index (χ1v) is 3.00. The van der Waals surface area contributed by atoms with Crippen LogP contribution in [0.15, 0.2) is 0 Å². The summed E-state index contributed by atoms with van der Waals surface area (Å²) in [7, 11) is 1.67. The number of nitrogens with one attached hydrogen (secondary N) is 2. The van der Waals surface area contributed by atoms with Crippen LogP contribution in [0.2, 0.25) is 0 Å². The first-order valence-electron chi connectivity index (χ1n) is 1.00. The fraction of sp³-hybridized carbons (Fsp3) is 0. The molecular weight excluding hydrogens is 90.0 g/mol. The lowest BCUT2D eigenvalue weighted by atomic mass is 13.8. The lowest BCUT2D eigenvalue weighted by Gasteiger charge is -2.12. The van der Waals surface area contributed by atoms with E-state index in [0.29, 0.717) is 0 Å². The lowest BCUT2D eigenvalue weighted by Crippen LogP contribution is -2.07. The van der Waals surface area contributed by atoms with Crippen LogP contribution in [0.1, 0.15) is 0 Å². The van der Waals surface area contributed by atoms with E-state index in [2.05, 4.69) is 9.72 Å². The Bertz CT molecular complexity index is 12.0. The highest BCUT2D eigenvalue weighted by Crippen LogP contribution is 2.23. The number of hydrogen-bond acceptors (Lipinski definition) is 2. The van der Waals surface area contributed by atoms with E-state index in [-0.39, 0.29) is 0 Å². The van der Waals surface area contributed by atoms with Crippen LogP contribution in [0, 0.1) is 0 Å². The van der Waals surface area contributed by atoms with Crippen molar-refractivity contribution in [2.24, 2.45) is 0 Å². The van der Waals surface area contributed by atoms with Gasteiger partial charge >= 0.3 is 0 Å². The maximum Gasteiger partial charge on any atom is 0.0273 e. The van der Waals surface area contributed by atoms with Gasteiger partial charge in [-0.25, -0.2) is 0 Å². The summed E-state index contributed by atoms with van der Waals surface area (Å²) in [5, 5.41) is 0. The molecule has 1 rings (SSSR count). The van der Waals surface area contributed by atoms with Crippen LogP contribution in [0.5, 0.6) is 0 Å². The van der Waals surface area contributed by atoms with Gasteiger partial charge in [0.15, 0.2) is 0 Å². The zero-order valence-corrected chi connectivity index (χ0v) is 4.00. The molecule has 0 aromatic rings. The molecule has 0 saturated carbocycles. The second-order valence-corrected chi connectivity index (χ2v) is 3.00. The smallest absolute Gasteiger partial charge is 0.0273 e. The molecule has 0 aromatic heterocycles.